The van der Waals surface area contributed by atoms with Gasteiger partial charge in [-0.2, -0.15) is 0 Å². The Labute approximate surface area is 173 Å². The van der Waals surface area contributed by atoms with Gasteiger partial charge in [-0.05, 0) is 32.1 Å². The van der Waals surface area contributed by atoms with E-state index >= 15 is 0 Å². The Balaban J connectivity index is 0. The van der Waals surface area contributed by atoms with Crippen molar-refractivity contribution in [3.8, 4) is 0 Å². The number of hydrogen-bond acceptors (Lipinski definition) is 1. The Kier molecular flexibility index (Phi) is 24.9. The number of hydrogen-bond donors (Lipinski definition) is 0. The topological polar surface area (TPSA) is 23.8 Å². The smallest absolute Gasteiger partial charge is 0.0786 e. The number of unbranched alkanes of at least 4 members (excludes halogenated alkanes) is 12. The Morgan fingerprint density at radius 3 is 1.00 bits per heavy atom. The van der Waals surface area contributed by atoms with Crippen LogP contribution in [0.25, 0.3) is 0 Å². The molecule has 0 saturated carbocycles. The molecule has 0 aromatic carbocycles. The first-order chi connectivity index (χ1) is 13.2. The van der Waals surface area contributed by atoms with E-state index < -0.39 is 0 Å². The molecule has 2 heteroatoms. The fourth-order valence-electron chi connectivity index (χ4n) is 4.09. The minimum absolute atomic E-state index is 1.36. The van der Waals surface area contributed by atoms with Crippen LogP contribution in [0.4, 0.5) is 0 Å². The van der Waals surface area contributed by atoms with E-state index in [0.29, 0.717) is 0 Å². The maximum Gasteiger partial charge on any atom is 0.0786 e. The summed E-state index contributed by atoms with van der Waals surface area (Å²) in [6.07, 6.45) is 22.9. The van der Waals surface area contributed by atoms with E-state index in [1.807, 2.05) is 0 Å². The second-order valence-corrected chi connectivity index (χ2v) is 8.48. The van der Waals surface area contributed by atoms with Crippen LogP contribution >= 0.6 is 0 Å². The lowest BCUT2D eigenvalue weighted by Crippen LogP contribution is -2.50. The lowest BCUT2D eigenvalue weighted by Gasteiger charge is -2.39. The summed E-state index contributed by atoms with van der Waals surface area (Å²) in [6, 6.07) is 0. The summed E-state index contributed by atoms with van der Waals surface area (Å²) in [5.74, 6) is 0. The molecule has 0 radical (unpaired) electrons. The average Bonchev–Trinajstić information content (AvgIpc) is 2.71. The molecule has 0 aromatic rings. The standard InChI is InChI=1S/C24H52N.CN/c1-5-9-13-14-15-16-17-18-19-20-24-25(21-10-6-2,22-11-7-3)23-12-8-4;1-2/h5-24H2,1-4H3;/q+1;-1. The molecular formula is C25H52N2. The van der Waals surface area contributed by atoms with Crippen LogP contribution in [0.2, 0.25) is 0 Å². The molecule has 0 heterocycles. The first-order valence-electron chi connectivity index (χ1n) is 12.3. The van der Waals surface area contributed by atoms with E-state index in [-0.39, 0.29) is 0 Å². The average molecular weight is 381 g/mol. The molecule has 0 spiro atoms. The Morgan fingerprint density at radius 1 is 0.407 bits per heavy atom. The van der Waals surface area contributed by atoms with Gasteiger partial charge in [0.2, 0.25) is 0 Å². The molecule has 2 nitrogen and oxygen atoms in total. The van der Waals surface area contributed by atoms with Crippen LogP contribution in [0, 0.1) is 11.8 Å². The van der Waals surface area contributed by atoms with Gasteiger partial charge in [-0.15, -0.1) is 0 Å². The zero-order chi connectivity index (χ0) is 20.6. The van der Waals surface area contributed by atoms with Crippen LogP contribution < -0.4 is 0 Å². The van der Waals surface area contributed by atoms with Crippen LogP contribution in [0.15, 0.2) is 0 Å². The van der Waals surface area contributed by atoms with E-state index in [1.165, 1.54) is 133 Å². The van der Waals surface area contributed by atoms with E-state index in [9.17, 15) is 0 Å². The summed E-state index contributed by atoms with van der Waals surface area (Å²) in [4.78, 5) is 0. The molecule has 0 amide bonds. The SMILES string of the molecule is CCCCCCCCCCCC[N+](CCCC)(CCCC)CCCC.[C-]#N. The highest BCUT2D eigenvalue weighted by molar-refractivity contribution is 4.52. The predicted octanol–water partition coefficient (Wildman–Crippen LogP) is 8.22. The van der Waals surface area contributed by atoms with Gasteiger partial charge in [0.25, 0.3) is 0 Å². The maximum absolute atomic E-state index is 6.25. The first kappa shape index (κ1) is 28.7. The van der Waals surface area contributed by atoms with E-state index in [0.717, 1.165) is 0 Å². The monoisotopic (exact) mass is 380 g/mol. The summed E-state index contributed by atoms with van der Waals surface area (Å²) in [6.45, 7) is 19.9. The van der Waals surface area contributed by atoms with Gasteiger partial charge in [0.05, 0.1) is 26.2 Å². The third-order valence-electron chi connectivity index (χ3n) is 5.94. The van der Waals surface area contributed by atoms with Crippen LogP contribution in [-0.4, -0.2) is 30.7 Å². The predicted molar refractivity (Wildman–Crippen MR) is 121 cm³/mol. The van der Waals surface area contributed by atoms with Crippen molar-refractivity contribution in [3.05, 3.63) is 6.57 Å². The zero-order valence-corrected chi connectivity index (χ0v) is 19.5. The quantitative estimate of drug-likeness (QED) is 0.118. The van der Waals surface area contributed by atoms with Gasteiger partial charge in [0.1, 0.15) is 0 Å². The van der Waals surface area contributed by atoms with E-state index in [4.69, 9.17) is 11.8 Å². The van der Waals surface area contributed by atoms with Gasteiger partial charge in [0, 0.05) is 0 Å². The summed E-state index contributed by atoms with van der Waals surface area (Å²) in [5, 5.41) is 6.25. The minimum atomic E-state index is 1.36. The number of rotatable bonds is 20. The molecule has 0 saturated heterocycles. The van der Waals surface area contributed by atoms with E-state index in [2.05, 4.69) is 27.7 Å². The largest absolute Gasteiger partial charge is 0.512 e. The lowest BCUT2D eigenvalue weighted by molar-refractivity contribution is -0.929. The van der Waals surface area contributed by atoms with Crippen molar-refractivity contribution in [2.75, 3.05) is 26.2 Å². The van der Waals surface area contributed by atoms with Crippen molar-refractivity contribution < 1.29 is 4.48 Å². The van der Waals surface area contributed by atoms with Crippen LogP contribution in [0.1, 0.15) is 130 Å². The number of quaternary nitrogens is 1. The molecule has 0 aliphatic heterocycles. The first-order valence-corrected chi connectivity index (χ1v) is 12.3. The highest BCUT2D eigenvalue weighted by Crippen LogP contribution is 2.18. The summed E-state index contributed by atoms with van der Waals surface area (Å²) >= 11 is 0. The summed E-state index contributed by atoms with van der Waals surface area (Å²) < 4.78 is 1.44. The van der Waals surface area contributed by atoms with Gasteiger partial charge >= 0.3 is 0 Å². The van der Waals surface area contributed by atoms with Gasteiger partial charge in [0.15, 0.2) is 0 Å². The van der Waals surface area contributed by atoms with Crippen molar-refractivity contribution in [3.63, 3.8) is 0 Å². The molecule has 0 aromatic heterocycles. The Hall–Kier alpha value is -0.550. The fourth-order valence-corrected chi connectivity index (χ4v) is 4.09. The van der Waals surface area contributed by atoms with Gasteiger partial charge in [-0.25, -0.2) is 0 Å². The van der Waals surface area contributed by atoms with Gasteiger partial charge < -0.3 is 16.3 Å². The van der Waals surface area contributed by atoms with Gasteiger partial charge in [-0.1, -0.05) is 98.3 Å². The molecule has 0 aliphatic carbocycles. The lowest BCUT2D eigenvalue weighted by atomic mass is 10.1. The highest BCUT2D eigenvalue weighted by Gasteiger charge is 2.24. The van der Waals surface area contributed by atoms with Crippen molar-refractivity contribution in [1.82, 2.24) is 0 Å². The molecule has 0 aliphatic rings. The molecule has 0 atom stereocenters. The maximum atomic E-state index is 6.25. The number of nitrogens with zero attached hydrogens (tertiary/aromatic N) is 2. The molecular weight excluding hydrogens is 328 g/mol. The van der Waals surface area contributed by atoms with Crippen molar-refractivity contribution in [1.29, 1.82) is 5.26 Å². The Morgan fingerprint density at radius 2 is 0.667 bits per heavy atom. The van der Waals surface area contributed by atoms with Gasteiger partial charge in [-0.3, -0.25) is 0 Å². The van der Waals surface area contributed by atoms with Crippen LogP contribution in [0.3, 0.4) is 0 Å². The van der Waals surface area contributed by atoms with Crippen molar-refractivity contribution in [2.45, 2.75) is 130 Å². The van der Waals surface area contributed by atoms with Crippen LogP contribution in [-0.2, 0) is 0 Å². The van der Waals surface area contributed by atoms with Crippen LogP contribution in [0.5, 0.6) is 0 Å². The van der Waals surface area contributed by atoms with E-state index in [1.54, 1.807) is 0 Å². The highest BCUT2D eigenvalue weighted by atomic mass is 15.3. The second kappa shape index (κ2) is 23.5. The summed E-state index contributed by atoms with van der Waals surface area (Å²) in [7, 11) is 0. The molecule has 0 bridgehead atoms. The van der Waals surface area contributed by atoms with Crippen molar-refractivity contribution >= 4 is 0 Å². The Bertz CT molecular complexity index is 264. The molecule has 162 valence electrons. The fraction of sp³-hybridized carbons (Fsp3) is 0.960. The molecule has 0 fully saturated rings. The third kappa shape index (κ3) is 18.6. The molecule has 0 unspecified atom stereocenters. The minimum Gasteiger partial charge on any atom is -0.512 e. The molecule has 27 heavy (non-hydrogen) atoms. The molecule has 0 rings (SSSR count). The molecule has 0 N–H and O–H groups in total. The summed E-state index contributed by atoms with van der Waals surface area (Å²) in [5.41, 5.74) is 0. The van der Waals surface area contributed by atoms with Crippen molar-refractivity contribution in [2.24, 2.45) is 0 Å². The second-order valence-electron chi connectivity index (χ2n) is 8.48. The third-order valence-corrected chi connectivity index (χ3v) is 5.94. The zero-order valence-electron chi connectivity index (χ0n) is 19.5. The normalized spacial score (nSPS) is 11.2.